The first kappa shape index (κ1) is 12.6. The van der Waals surface area contributed by atoms with Crippen molar-refractivity contribution < 1.29 is 4.79 Å². The molecule has 1 amide bonds. The van der Waals surface area contributed by atoms with E-state index in [1.165, 1.54) is 0 Å². The molecule has 0 radical (unpaired) electrons. The van der Waals surface area contributed by atoms with Crippen molar-refractivity contribution >= 4 is 5.91 Å². The lowest BCUT2D eigenvalue weighted by Gasteiger charge is -2.21. The van der Waals surface area contributed by atoms with E-state index in [2.05, 4.69) is 10.3 Å². The van der Waals surface area contributed by atoms with E-state index in [1.54, 1.807) is 25.2 Å². The summed E-state index contributed by atoms with van der Waals surface area (Å²) in [5, 5.41) is 3.22. The summed E-state index contributed by atoms with van der Waals surface area (Å²) >= 11 is 0. The lowest BCUT2D eigenvalue weighted by molar-refractivity contribution is -0.130. The molecule has 1 heterocycles. The van der Waals surface area contributed by atoms with Crippen LogP contribution in [0, 0.1) is 0 Å². The molecule has 16 heavy (non-hydrogen) atoms. The van der Waals surface area contributed by atoms with Gasteiger partial charge in [-0.1, -0.05) is 6.07 Å². The Morgan fingerprint density at radius 2 is 2.06 bits per heavy atom. The lowest BCUT2D eigenvalue weighted by Crippen LogP contribution is -2.42. The predicted octanol–water partition coefficient (Wildman–Crippen LogP) is 1.21. The molecule has 0 aliphatic heterocycles. The normalized spacial score (nSPS) is 14.2. The molecule has 0 saturated carbocycles. The molecule has 0 spiro atoms. The van der Waals surface area contributed by atoms with E-state index in [1.807, 2.05) is 32.0 Å². The van der Waals surface area contributed by atoms with Gasteiger partial charge in [0, 0.05) is 26.3 Å². The largest absolute Gasteiger partial charge is 0.347 e. The monoisotopic (exact) mass is 221 g/mol. The Morgan fingerprint density at radius 1 is 1.38 bits per heavy atom. The second-order valence-corrected chi connectivity index (χ2v) is 4.10. The predicted molar refractivity (Wildman–Crippen MR) is 63.9 cm³/mol. The van der Waals surface area contributed by atoms with Crippen LogP contribution in [-0.2, 0) is 4.79 Å². The van der Waals surface area contributed by atoms with Crippen LogP contribution in [0.1, 0.15) is 25.6 Å². The molecule has 1 rings (SSSR count). The maximum Gasteiger partial charge on any atom is 0.238 e. The molecule has 4 nitrogen and oxygen atoms in total. The van der Waals surface area contributed by atoms with Crippen molar-refractivity contribution in [3.05, 3.63) is 30.1 Å². The van der Waals surface area contributed by atoms with E-state index < -0.39 is 0 Å². The number of aromatic nitrogens is 1. The molecule has 1 N–H and O–H groups in total. The first-order valence-corrected chi connectivity index (χ1v) is 5.40. The summed E-state index contributed by atoms with van der Waals surface area (Å²) in [7, 11) is 3.51. The van der Waals surface area contributed by atoms with Crippen molar-refractivity contribution in [3.63, 3.8) is 0 Å². The summed E-state index contributed by atoms with van der Waals surface area (Å²) in [5.74, 6) is 0.0720. The average molecular weight is 221 g/mol. The zero-order valence-electron chi connectivity index (χ0n) is 10.3. The minimum atomic E-state index is -0.202. The number of hydrogen-bond acceptors (Lipinski definition) is 3. The molecule has 0 aliphatic rings. The molecule has 88 valence electrons. The van der Waals surface area contributed by atoms with Crippen LogP contribution in [0.4, 0.5) is 0 Å². The van der Waals surface area contributed by atoms with Gasteiger partial charge in [-0.15, -0.1) is 0 Å². The minimum absolute atomic E-state index is 0.0695. The second kappa shape index (κ2) is 5.61. The number of likely N-dealkylation sites (N-methyl/N-ethyl adjacent to an activating group) is 1. The van der Waals surface area contributed by atoms with Crippen LogP contribution in [0.2, 0.25) is 0 Å². The molecular weight excluding hydrogens is 202 g/mol. The highest BCUT2D eigenvalue weighted by molar-refractivity contribution is 5.80. The number of hydrogen-bond donors (Lipinski definition) is 1. The zero-order valence-corrected chi connectivity index (χ0v) is 10.3. The van der Waals surface area contributed by atoms with Crippen LogP contribution in [0.15, 0.2) is 24.4 Å². The van der Waals surface area contributed by atoms with Crippen LogP contribution in [-0.4, -0.2) is 35.9 Å². The van der Waals surface area contributed by atoms with Crippen molar-refractivity contribution in [3.8, 4) is 0 Å². The SMILES string of the molecule is CC(NC(C)c1ccccn1)C(=O)N(C)C. The highest BCUT2D eigenvalue weighted by atomic mass is 16.2. The van der Waals surface area contributed by atoms with Crippen molar-refractivity contribution in [1.82, 2.24) is 15.2 Å². The summed E-state index contributed by atoms with van der Waals surface area (Å²) in [5.41, 5.74) is 0.945. The van der Waals surface area contributed by atoms with Crippen molar-refractivity contribution in [2.45, 2.75) is 25.9 Å². The Bertz CT molecular complexity index is 337. The van der Waals surface area contributed by atoms with E-state index >= 15 is 0 Å². The van der Waals surface area contributed by atoms with Gasteiger partial charge in [0.2, 0.25) is 5.91 Å². The third-order valence-electron chi connectivity index (χ3n) is 2.44. The number of amides is 1. The number of carbonyl (C=O) groups is 1. The smallest absolute Gasteiger partial charge is 0.238 e. The van der Waals surface area contributed by atoms with Gasteiger partial charge >= 0.3 is 0 Å². The van der Waals surface area contributed by atoms with Crippen molar-refractivity contribution in [2.24, 2.45) is 0 Å². The molecule has 2 atom stereocenters. The summed E-state index contributed by atoms with van der Waals surface area (Å²) in [4.78, 5) is 17.5. The van der Waals surface area contributed by atoms with Gasteiger partial charge < -0.3 is 4.90 Å². The molecule has 0 saturated heterocycles. The van der Waals surface area contributed by atoms with Gasteiger partial charge in [-0.25, -0.2) is 0 Å². The summed E-state index contributed by atoms with van der Waals surface area (Å²) in [6.45, 7) is 3.86. The standard InChI is InChI=1S/C12H19N3O/c1-9(11-7-5-6-8-13-11)14-10(2)12(16)15(3)4/h5-10,14H,1-4H3. The van der Waals surface area contributed by atoms with Crippen molar-refractivity contribution in [1.29, 1.82) is 0 Å². The van der Waals surface area contributed by atoms with Gasteiger partial charge in [0.05, 0.1) is 11.7 Å². The fourth-order valence-electron chi connectivity index (χ4n) is 1.55. The van der Waals surface area contributed by atoms with Gasteiger partial charge in [-0.05, 0) is 26.0 Å². The second-order valence-electron chi connectivity index (χ2n) is 4.10. The maximum atomic E-state index is 11.7. The van der Waals surface area contributed by atoms with E-state index in [9.17, 15) is 4.79 Å². The Kier molecular flexibility index (Phi) is 4.43. The Labute approximate surface area is 96.7 Å². The Hall–Kier alpha value is -1.42. The number of nitrogens with zero attached hydrogens (tertiary/aromatic N) is 2. The quantitative estimate of drug-likeness (QED) is 0.831. The van der Waals surface area contributed by atoms with Gasteiger partial charge in [-0.3, -0.25) is 15.1 Å². The highest BCUT2D eigenvalue weighted by Crippen LogP contribution is 2.09. The molecule has 0 aliphatic carbocycles. The van der Waals surface area contributed by atoms with Gasteiger partial charge in [-0.2, -0.15) is 0 Å². The lowest BCUT2D eigenvalue weighted by atomic mass is 10.2. The molecule has 1 aromatic heterocycles. The molecule has 1 aromatic rings. The average Bonchev–Trinajstić information content (AvgIpc) is 2.28. The molecule has 4 heteroatoms. The van der Waals surface area contributed by atoms with Crippen LogP contribution < -0.4 is 5.32 Å². The first-order chi connectivity index (χ1) is 7.52. The number of carbonyl (C=O) groups excluding carboxylic acids is 1. The highest BCUT2D eigenvalue weighted by Gasteiger charge is 2.17. The Balaban J connectivity index is 2.58. The van der Waals surface area contributed by atoms with Crippen LogP contribution in [0.3, 0.4) is 0 Å². The third-order valence-corrected chi connectivity index (χ3v) is 2.44. The first-order valence-electron chi connectivity index (χ1n) is 5.40. The molecular formula is C12H19N3O. The summed E-state index contributed by atoms with van der Waals surface area (Å²) < 4.78 is 0. The van der Waals surface area contributed by atoms with Crippen LogP contribution in [0.25, 0.3) is 0 Å². The fraction of sp³-hybridized carbons (Fsp3) is 0.500. The minimum Gasteiger partial charge on any atom is -0.347 e. The Morgan fingerprint density at radius 3 is 2.56 bits per heavy atom. The summed E-state index contributed by atoms with van der Waals surface area (Å²) in [6.07, 6.45) is 1.76. The number of nitrogens with one attached hydrogen (secondary N) is 1. The van der Waals surface area contributed by atoms with Crippen LogP contribution in [0.5, 0.6) is 0 Å². The van der Waals surface area contributed by atoms with Gasteiger partial charge in [0.1, 0.15) is 0 Å². The topological polar surface area (TPSA) is 45.2 Å². The van der Waals surface area contributed by atoms with E-state index in [0.717, 1.165) is 5.69 Å². The molecule has 0 fully saturated rings. The summed E-state index contributed by atoms with van der Waals surface area (Å²) in [6, 6.07) is 5.64. The molecule has 0 aromatic carbocycles. The maximum absolute atomic E-state index is 11.7. The zero-order chi connectivity index (χ0) is 12.1. The third kappa shape index (κ3) is 3.31. The fourth-order valence-corrected chi connectivity index (χ4v) is 1.55. The van der Waals surface area contributed by atoms with Crippen LogP contribution >= 0.6 is 0 Å². The van der Waals surface area contributed by atoms with E-state index in [4.69, 9.17) is 0 Å². The van der Waals surface area contributed by atoms with E-state index in [-0.39, 0.29) is 18.0 Å². The van der Waals surface area contributed by atoms with E-state index in [0.29, 0.717) is 0 Å². The van der Waals surface area contributed by atoms with Gasteiger partial charge in [0.15, 0.2) is 0 Å². The molecule has 2 unspecified atom stereocenters. The number of rotatable bonds is 4. The molecule has 0 bridgehead atoms. The van der Waals surface area contributed by atoms with Gasteiger partial charge in [0.25, 0.3) is 0 Å². The van der Waals surface area contributed by atoms with Crippen molar-refractivity contribution in [2.75, 3.05) is 14.1 Å². The number of pyridine rings is 1.